The van der Waals surface area contributed by atoms with E-state index in [1.54, 1.807) is 23.6 Å². The molecule has 1 fully saturated rings. The third-order valence-electron chi connectivity index (χ3n) is 2.89. The molecule has 1 aliphatic carbocycles. The van der Waals surface area contributed by atoms with Crippen molar-refractivity contribution in [2.24, 2.45) is 5.92 Å². The van der Waals surface area contributed by atoms with Crippen LogP contribution in [0.15, 0.2) is 23.1 Å². The fourth-order valence-corrected chi connectivity index (χ4v) is 1.75. The maximum absolute atomic E-state index is 11.6. The minimum atomic E-state index is -0.294. The van der Waals surface area contributed by atoms with E-state index < -0.39 is 0 Å². The summed E-state index contributed by atoms with van der Waals surface area (Å²) >= 11 is 0. The van der Waals surface area contributed by atoms with Crippen molar-refractivity contribution in [2.75, 3.05) is 0 Å². The minimum Gasteiger partial charge on any atom is -0.341 e. The molecule has 1 aliphatic rings. The third-order valence-corrected chi connectivity index (χ3v) is 2.89. The molecule has 18 heavy (non-hydrogen) atoms. The van der Waals surface area contributed by atoms with Gasteiger partial charge in [-0.2, -0.15) is 0 Å². The van der Waals surface area contributed by atoms with Gasteiger partial charge >= 0.3 is 0 Å². The number of nitrogens with one attached hydrogen (secondary N) is 1. The predicted octanol–water partition coefficient (Wildman–Crippen LogP) is 0.898. The van der Waals surface area contributed by atoms with Gasteiger partial charge in [0.15, 0.2) is 0 Å². The lowest BCUT2D eigenvalue weighted by Gasteiger charge is -2.07. The summed E-state index contributed by atoms with van der Waals surface area (Å²) in [7, 11) is 0. The number of carbonyl (C=O) groups excluding carboxylic acids is 1. The Morgan fingerprint density at radius 1 is 1.50 bits per heavy atom. The Morgan fingerprint density at radius 2 is 2.28 bits per heavy atom. The summed E-state index contributed by atoms with van der Waals surface area (Å²) in [5, 5.41) is 2.69. The summed E-state index contributed by atoms with van der Waals surface area (Å²) in [4.78, 5) is 22.8. The second-order valence-corrected chi connectivity index (χ2v) is 4.53. The molecule has 0 bridgehead atoms. The summed E-state index contributed by atoms with van der Waals surface area (Å²) in [6, 6.07) is 3.29. The van der Waals surface area contributed by atoms with Crippen LogP contribution in [0, 0.1) is 17.8 Å². The number of aromatic nitrogens is 1. The Morgan fingerprint density at radius 3 is 2.94 bits per heavy atom. The van der Waals surface area contributed by atoms with E-state index in [-0.39, 0.29) is 11.5 Å². The zero-order chi connectivity index (χ0) is 13.0. The fraction of sp³-hybridized carbons (Fsp3) is 0.429. The van der Waals surface area contributed by atoms with Crippen LogP contribution in [0.2, 0.25) is 0 Å². The summed E-state index contributed by atoms with van der Waals surface area (Å²) in [6.45, 7) is 2.81. The topological polar surface area (TPSA) is 51.1 Å². The summed E-state index contributed by atoms with van der Waals surface area (Å²) in [5.41, 5.74) is 0.937. The zero-order valence-electron chi connectivity index (χ0n) is 10.4. The molecule has 0 aromatic carbocycles. The van der Waals surface area contributed by atoms with Crippen LogP contribution in [0.3, 0.4) is 0 Å². The number of hydrogen-bond donors (Lipinski definition) is 1. The van der Waals surface area contributed by atoms with Crippen molar-refractivity contribution in [3.05, 3.63) is 34.2 Å². The van der Waals surface area contributed by atoms with Crippen molar-refractivity contribution in [2.45, 2.75) is 32.9 Å². The molecular formula is C14H16N2O2. The highest BCUT2D eigenvalue weighted by Gasteiger charge is 2.21. The average molecular weight is 244 g/mol. The fourth-order valence-electron chi connectivity index (χ4n) is 1.75. The lowest BCUT2D eigenvalue weighted by molar-refractivity contribution is -0.115. The van der Waals surface area contributed by atoms with Gasteiger partial charge in [0.25, 0.3) is 11.5 Å². The largest absolute Gasteiger partial charge is 0.341 e. The Bertz CT molecular complexity index is 559. The lowest BCUT2D eigenvalue weighted by atomic mass is 10.2. The molecule has 0 spiro atoms. The second-order valence-electron chi connectivity index (χ2n) is 4.53. The summed E-state index contributed by atoms with van der Waals surface area (Å²) in [5.74, 6) is 5.31. The van der Waals surface area contributed by atoms with Crippen molar-refractivity contribution in [3.63, 3.8) is 0 Å². The van der Waals surface area contributed by atoms with Gasteiger partial charge in [-0.3, -0.25) is 9.59 Å². The van der Waals surface area contributed by atoms with E-state index in [1.165, 1.54) is 12.8 Å². The molecule has 0 saturated heterocycles. The van der Waals surface area contributed by atoms with E-state index in [9.17, 15) is 9.59 Å². The van der Waals surface area contributed by atoms with Gasteiger partial charge in [0.2, 0.25) is 0 Å². The second kappa shape index (κ2) is 5.54. The predicted molar refractivity (Wildman–Crippen MR) is 68.7 cm³/mol. The molecular weight excluding hydrogens is 228 g/mol. The standard InChI is InChI=1S/C14H16N2O2/c1-2-3-13(17)15-8-12-6-7-14(18)16(10-12)9-11-4-5-11/h6-7,10-11H,4-5,8-9H2,1H3,(H,15,17). The molecule has 0 unspecified atom stereocenters. The summed E-state index contributed by atoms with van der Waals surface area (Å²) in [6.07, 6.45) is 4.24. The van der Waals surface area contributed by atoms with Gasteiger partial charge in [0.05, 0.1) is 0 Å². The van der Waals surface area contributed by atoms with Crippen LogP contribution in [0.1, 0.15) is 25.3 Å². The SMILES string of the molecule is CC#CC(=O)NCc1ccc(=O)n(CC2CC2)c1. The monoisotopic (exact) mass is 244 g/mol. The van der Waals surface area contributed by atoms with Gasteiger partial charge < -0.3 is 9.88 Å². The van der Waals surface area contributed by atoms with E-state index in [4.69, 9.17) is 0 Å². The first-order chi connectivity index (χ1) is 8.69. The Kier molecular flexibility index (Phi) is 3.83. The highest BCUT2D eigenvalue weighted by molar-refractivity contribution is 5.93. The van der Waals surface area contributed by atoms with Crippen LogP contribution in [0.4, 0.5) is 0 Å². The summed E-state index contributed by atoms with van der Waals surface area (Å²) < 4.78 is 1.73. The number of nitrogens with zero attached hydrogens (tertiary/aromatic N) is 1. The molecule has 4 nitrogen and oxygen atoms in total. The van der Waals surface area contributed by atoms with Crippen molar-refractivity contribution in [3.8, 4) is 11.8 Å². The molecule has 1 saturated carbocycles. The lowest BCUT2D eigenvalue weighted by Crippen LogP contribution is -2.24. The van der Waals surface area contributed by atoms with Gasteiger partial charge in [-0.1, -0.05) is 12.0 Å². The van der Waals surface area contributed by atoms with Crippen LogP contribution in [-0.2, 0) is 17.9 Å². The van der Waals surface area contributed by atoms with E-state index >= 15 is 0 Å². The van der Waals surface area contributed by atoms with Crippen molar-refractivity contribution in [1.82, 2.24) is 9.88 Å². The first-order valence-electron chi connectivity index (χ1n) is 6.09. The van der Waals surface area contributed by atoms with Gasteiger partial charge in [0.1, 0.15) is 0 Å². The van der Waals surface area contributed by atoms with Gasteiger partial charge in [-0.25, -0.2) is 0 Å². The normalized spacial score (nSPS) is 13.6. The van der Waals surface area contributed by atoms with E-state index in [2.05, 4.69) is 17.2 Å². The number of hydrogen-bond acceptors (Lipinski definition) is 2. The molecule has 94 valence electrons. The zero-order valence-corrected chi connectivity index (χ0v) is 10.4. The van der Waals surface area contributed by atoms with Crippen LogP contribution >= 0.6 is 0 Å². The smallest absolute Gasteiger partial charge is 0.296 e. The average Bonchev–Trinajstić information content (AvgIpc) is 3.14. The molecule has 1 N–H and O–H groups in total. The van der Waals surface area contributed by atoms with Gasteiger partial charge in [-0.05, 0) is 37.2 Å². The Balaban J connectivity index is 2.01. The molecule has 1 aromatic rings. The van der Waals surface area contributed by atoms with Crippen molar-refractivity contribution >= 4 is 5.91 Å². The van der Waals surface area contributed by atoms with Crippen LogP contribution < -0.4 is 10.9 Å². The highest BCUT2D eigenvalue weighted by atomic mass is 16.1. The number of carbonyl (C=O) groups is 1. The molecule has 2 rings (SSSR count). The van der Waals surface area contributed by atoms with Gasteiger partial charge in [0, 0.05) is 25.4 Å². The molecule has 1 aromatic heterocycles. The Hall–Kier alpha value is -2.02. The van der Waals surface area contributed by atoms with Gasteiger partial charge in [-0.15, -0.1) is 0 Å². The van der Waals surface area contributed by atoms with Crippen molar-refractivity contribution in [1.29, 1.82) is 0 Å². The minimum absolute atomic E-state index is 0.0188. The van der Waals surface area contributed by atoms with E-state index in [1.807, 2.05) is 6.20 Å². The van der Waals surface area contributed by atoms with Crippen molar-refractivity contribution < 1.29 is 4.79 Å². The van der Waals surface area contributed by atoms with Crippen LogP contribution in [0.5, 0.6) is 0 Å². The Labute approximate surface area is 106 Å². The number of rotatable bonds is 4. The quantitative estimate of drug-likeness (QED) is 0.800. The third kappa shape index (κ3) is 3.49. The molecule has 0 radical (unpaired) electrons. The number of amides is 1. The molecule has 4 heteroatoms. The molecule has 0 atom stereocenters. The maximum atomic E-state index is 11.6. The maximum Gasteiger partial charge on any atom is 0.296 e. The first kappa shape index (κ1) is 12.4. The van der Waals surface area contributed by atoms with Crippen LogP contribution in [0.25, 0.3) is 0 Å². The molecule has 1 amide bonds. The highest BCUT2D eigenvalue weighted by Crippen LogP contribution is 2.29. The molecule has 1 heterocycles. The van der Waals surface area contributed by atoms with E-state index in [0.717, 1.165) is 12.1 Å². The number of pyridine rings is 1. The first-order valence-corrected chi connectivity index (χ1v) is 6.09. The molecule has 0 aliphatic heterocycles. The van der Waals surface area contributed by atoms with Crippen LogP contribution in [-0.4, -0.2) is 10.5 Å². The van der Waals surface area contributed by atoms with E-state index in [0.29, 0.717) is 12.5 Å².